The fourth-order valence-electron chi connectivity index (χ4n) is 1.64. The number of nitrogens with one attached hydrogen (secondary N) is 2. The molecule has 1 aliphatic rings. The molecule has 0 aliphatic carbocycles. The zero-order valence-corrected chi connectivity index (χ0v) is 11.5. The van der Waals surface area contributed by atoms with E-state index in [9.17, 15) is 8.42 Å². The van der Waals surface area contributed by atoms with Gasteiger partial charge in [-0.3, -0.25) is 0 Å². The zero-order chi connectivity index (χ0) is 11.9. The third-order valence-electron chi connectivity index (χ3n) is 2.60. The molecule has 0 amide bonds. The quantitative estimate of drug-likeness (QED) is 0.669. The summed E-state index contributed by atoms with van der Waals surface area (Å²) in [4.78, 5) is 0. The molecule has 6 heteroatoms. The molecule has 0 aromatic heterocycles. The summed E-state index contributed by atoms with van der Waals surface area (Å²) in [5, 5.41) is 3.49. The van der Waals surface area contributed by atoms with Gasteiger partial charge in [0.05, 0.1) is 5.75 Å². The van der Waals surface area contributed by atoms with Crippen LogP contribution in [0.25, 0.3) is 0 Å². The van der Waals surface area contributed by atoms with Crippen LogP contribution in [-0.2, 0) is 10.0 Å². The molecule has 0 radical (unpaired) electrons. The zero-order valence-electron chi connectivity index (χ0n) is 9.87. The molecule has 16 heavy (non-hydrogen) atoms. The van der Waals surface area contributed by atoms with E-state index in [0.29, 0.717) is 18.3 Å². The lowest BCUT2D eigenvalue weighted by molar-refractivity contribution is 0.570. The lowest BCUT2D eigenvalue weighted by atomic mass is 10.2. The van der Waals surface area contributed by atoms with E-state index >= 15 is 0 Å². The summed E-state index contributed by atoms with van der Waals surface area (Å²) < 4.78 is 25.9. The van der Waals surface area contributed by atoms with Gasteiger partial charge in [0.1, 0.15) is 0 Å². The van der Waals surface area contributed by atoms with Crippen LogP contribution in [0.3, 0.4) is 0 Å². The highest BCUT2D eigenvalue weighted by Crippen LogP contribution is 2.24. The van der Waals surface area contributed by atoms with E-state index < -0.39 is 10.0 Å². The topological polar surface area (TPSA) is 58.2 Å². The van der Waals surface area contributed by atoms with Gasteiger partial charge in [-0.1, -0.05) is 13.3 Å². The van der Waals surface area contributed by atoms with Gasteiger partial charge in [0.15, 0.2) is 0 Å². The van der Waals surface area contributed by atoms with Gasteiger partial charge >= 0.3 is 0 Å². The molecule has 2 N–H and O–H groups in total. The van der Waals surface area contributed by atoms with E-state index in [0.717, 1.165) is 13.0 Å². The molecular formula is C10H22N2O2S2. The third-order valence-corrected chi connectivity index (χ3v) is 5.35. The van der Waals surface area contributed by atoms with Gasteiger partial charge in [0.2, 0.25) is 10.0 Å². The first-order valence-electron chi connectivity index (χ1n) is 5.93. The first-order chi connectivity index (χ1) is 7.64. The van der Waals surface area contributed by atoms with Crippen molar-refractivity contribution < 1.29 is 8.42 Å². The Morgan fingerprint density at radius 1 is 1.38 bits per heavy atom. The second-order valence-corrected chi connectivity index (χ2v) is 7.34. The summed E-state index contributed by atoms with van der Waals surface area (Å²) in [6.07, 6.45) is 3.64. The smallest absolute Gasteiger partial charge is 0.212 e. The van der Waals surface area contributed by atoms with Crippen molar-refractivity contribution >= 4 is 21.8 Å². The van der Waals surface area contributed by atoms with E-state index in [1.165, 1.54) is 18.6 Å². The maximum atomic E-state index is 11.6. The highest BCUT2D eigenvalue weighted by molar-refractivity contribution is 8.00. The lowest BCUT2D eigenvalue weighted by Crippen LogP contribution is -2.36. The maximum Gasteiger partial charge on any atom is 0.212 e. The summed E-state index contributed by atoms with van der Waals surface area (Å²) in [6.45, 7) is 3.91. The van der Waals surface area contributed by atoms with E-state index in [4.69, 9.17) is 0 Å². The van der Waals surface area contributed by atoms with Gasteiger partial charge in [0.25, 0.3) is 0 Å². The first-order valence-corrected chi connectivity index (χ1v) is 8.64. The standard InChI is InChI=1S/C10H22N2O2S2/c1-2-11-6-8-16(13,14)12-9-10-5-3-4-7-15-10/h10-12H,2-9H2,1H3. The van der Waals surface area contributed by atoms with Crippen LogP contribution in [0.5, 0.6) is 0 Å². The molecule has 1 rings (SSSR count). The van der Waals surface area contributed by atoms with Gasteiger partial charge in [-0.15, -0.1) is 0 Å². The van der Waals surface area contributed by atoms with E-state index in [-0.39, 0.29) is 5.75 Å². The fraction of sp³-hybridized carbons (Fsp3) is 1.00. The van der Waals surface area contributed by atoms with Crippen molar-refractivity contribution in [3.05, 3.63) is 0 Å². The molecule has 0 bridgehead atoms. The minimum absolute atomic E-state index is 0.179. The van der Waals surface area contributed by atoms with Gasteiger partial charge in [-0.2, -0.15) is 11.8 Å². The molecular weight excluding hydrogens is 244 g/mol. The third kappa shape index (κ3) is 6.08. The normalized spacial score (nSPS) is 22.2. The summed E-state index contributed by atoms with van der Waals surface area (Å²) >= 11 is 1.89. The maximum absolute atomic E-state index is 11.6. The van der Waals surface area contributed by atoms with Crippen molar-refractivity contribution in [1.82, 2.24) is 10.0 Å². The molecule has 96 valence electrons. The van der Waals surface area contributed by atoms with Crippen molar-refractivity contribution in [2.75, 3.05) is 31.1 Å². The van der Waals surface area contributed by atoms with Crippen molar-refractivity contribution in [1.29, 1.82) is 0 Å². The Kier molecular flexibility index (Phi) is 6.72. The van der Waals surface area contributed by atoms with Crippen LogP contribution < -0.4 is 10.0 Å². The Balaban J connectivity index is 2.18. The second-order valence-electron chi connectivity index (χ2n) is 4.01. The van der Waals surface area contributed by atoms with Crippen molar-refractivity contribution in [3.63, 3.8) is 0 Å². The molecule has 1 aliphatic heterocycles. The van der Waals surface area contributed by atoms with Crippen LogP contribution in [0.15, 0.2) is 0 Å². The Morgan fingerprint density at radius 3 is 2.81 bits per heavy atom. The Labute approximate surface area is 103 Å². The molecule has 1 unspecified atom stereocenters. The van der Waals surface area contributed by atoms with Crippen LogP contribution in [0.1, 0.15) is 26.2 Å². The number of hydrogen-bond donors (Lipinski definition) is 2. The summed E-state index contributed by atoms with van der Waals surface area (Å²) in [6, 6.07) is 0. The predicted molar refractivity (Wildman–Crippen MR) is 70.4 cm³/mol. The van der Waals surface area contributed by atoms with E-state index in [2.05, 4.69) is 10.0 Å². The molecule has 1 fully saturated rings. The SMILES string of the molecule is CCNCCS(=O)(=O)NCC1CCCCS1. The van der Waals surface area contributed by atoms with Crippen molar-refractivity contribution in [3.8, 4) is 0 Å². The highest BCUT2D eigenvalue weighted by Gasteiger charge is 2.17. The van der Waals surface area contributed by atoms with E-state index in [1.807, 2.05) is 18.7 Å². The minimum atomic E-state index is -3.08. The first kappa shape index (κ1) is 14.3. The second kappa shape index (κ2) is 7.53. The van der Waals surface area contributed by atoms with Crippen LogP contribution in [-0.4, -0.2) is 44.8 Å². The fourth-order valence-corrected chi connectivity index (χ4v) is 4.00. The Bertz CT molecular complexity index is 275. The number of sulfonamides is 1. The predicted octanol–water partition coefficient (Wildman–Crippen LogP) is 0.801. The number of thioether (sulfide) groups is 1. The van der Waals surface area contributed by atoms with E-state index in [1.54, 1.807) is 0 Å². The van der Waals surface area contributed by atoms with Crippen LogP contribution in [0.4, 0.5) is 0 Å². The molecule has 1 heterocycles. The average molecular weight is 266 g/mol. The largest absolute Gasteiger partial charge is 0.316 e. The molecule has 4 nitrogen and oxygen atoms in total. The molecule has 1 atom stereocenters. The number of rotatable bonds is 7. The average Bonchev–Trinajstić information content (AvgIpc) is 2.28. The summed E-state index contributed by atoms with van der Waals surface area (Å²) in [5.41, 5.74) is 0. The van der Waals surface area contributed by atoms with Gasteiger partial charge in [-0.05, 0) is 25.1 Å². The molecule has 1 saturated heterocycles. The van der Waals surface area contributed by atoms with Crippen molar-refractivity contribution in [2.24, 2.45) is 0 Å². The van der Waals surface area contributed by atoms with Gasteiger partial charge in [0, 0.05) is 18.3 Å². The summed E-state index contributed by atoms with van der Waals surface area (Å²) in [5.74, 6) is 1.35. The molecule has 0 aromatic carbocycles. The molecule has 0 saturated carbocycles. The van der Waals surface area contributed by atoms with Crippen LogP contribution >= 0.6 is 11.8 Å². The van der Waals surface area contributed by atoms with Crippen LogP contribution in [0, 0.1) is 0 Å². The molecule has 0 aromatic rings. The summed E-state index contributed by atoms with van der Waals surface area (Å²) in [7, 11) is -3.08. The highest BCUT2D eigenvalue weighted by atomic mass is 32.2. The lowest BCUT2D eigenvalue weighted by Gasteiger charge is -2.21. The van der Waals surface area contributed by atoms with Gasteiger partial charge < -0.3 is 5.32 Å². The van der Waals surface area contributed by atoms with Crippen molar-refractivity contribution in [2.45, 2.75) is 31.4 Å². The minimum Gasteiger partial charge on any atom is -0.316 e. The number of hydrogen-bond acceptors (Lipinski definition) is 4. The Morgan fingerprint density at radius 2 is 2.19 bits per heavy atom. The monoisotopic (exact) mass is 266 g/mol. The van der Waals surface area contributed by atoms with Crippen LogP contribution in [0.2, 0.25) is 0 Å². The molecule has 0 spiro atoms. The Hall–Kier alpha value is 0.220. The van der Waals surface area contributed by atoms with Gasteiger partial charge in [-0.25, -0.2) is 13.1 Å².